The quantitative estimate of drug-likeness (QED) is 0.617. The predicted molar refractivity (Wildman–Crippen MR) is 52.0 cm³/mol. The van der Waals surface area contributed by atoms with Gasteiger partial charge in [0.05, 0.1) is 6.07 Å². The first-order chi connectivity index (χ1) is 5.56. The molecule has 1 unspecified atom stereocenters. The Kier molecular flexibility index (Phi) is 5.00. The molecule has 0 fully saturated rings. The van der Waals surface area contributed by atoms with Gasteiger partial charge in [-0.25, -0.2) is 0 Å². The lowest BCUT2D eigenvalue weighted by Gasteiger charge is -2.16. The van der Waals surface area contributed by atoms with Gasteiger partial charge in [-0.3, -0.25) is 4.79 Å². The highest BCUT2D eigenvalue weighted by Crippen LogP contribution is 2.23. The number of carbonyl (C=O) groups is 1. The Morgan fingerprint density at radius 3 is 2.58 bits per heavy atom. The SMILES string of the molecule is CCSCCC(C)(C#N)C(C)=O. The number of nitrogens with zero attached hydrogens (tertiary/aromatic N) is 1. The maximum absolute atomic E-state index is 11.1. The molecule has 0 saturated heterocycles. The zero-order valence-electron chi connectivity index (χ0n) is 7.89. The normalized spacial score (nSPS) is 14.8. The smallest absolute Gasteiger partial charge is 0.149 e. The second-order valence-electron chi connectivity index (χ2n) is 2.95. The van der Waals surface area contributed by atoms with Crippen LogP contribution < -0.4 is 0 Å². The van der Waals surface area contributed by atoms with E-state index in [1.54, 1.807) is 18.7 Å². The van der Waals surface area contributed by atoms with E-state index in [2.05, 4.69) is 13.0 Å². The van der Waals surface area contributed by atoms with Crippen molar-refractivity contribution in [3.8, 4) is 6.07 Å². The van der Waals surface area contributed by atoms with Crippen LogP contribution in [0.25, 0.3) is 0 Å². The fraction of sp³-hybridized carbons (Fsp3) is 0.778. The number of rotatable bonds is 5. The fourth-order valence-corrected chi connectivity index (χ4v) is 1.57. The van der Waals surface area contributed by atoms with Crippen molar-refractivity contribution in [2.45, 2.75) is 27.2 Å². The monoisotopic (exact) mass is 185 g/mol. The lowest BCUT2D eigenvalue weighted by atomic mass is 9.85. The summed E-state index contributed by atoms with van der Waals surface area (Å²) in [5.74, 6) is 1.90. The molecule has 0 aliphatic rings. The summed E-state index contributed by atoms with van der Waals surface area (Å²) < 4.78 is 0. The van der Waals surface area contributed by atoms with E-state index in [9.17, 15) is 4.79 Å². The molecule has 0 rings (SSSR count). The van der Waals surface area contributed by atoms with Gasteiger partial charge in [0.1, 0.15) is 11.2 Å². The van der Waals surface area contributed by atoms with E-state index in [1.807, 2.05) is 0 Å². The molecule has 0 aliphatic carbocycles. The first kappa shape index (κ1) is 11.5. The van der Waals surface area contributed by atoms with Crippen LogP contribution in [0.4, 0.5) is 0 Å². The van der Waals surface area contributed by atoms with Crippen molar-refractivity contribution in [1.29, 1.82) is 5.26 Å². The number of hydrogen-bond donors (Lipinski definition) is 0. The Hall–Kier alpha value is -0.490. The molecule has 0 radical (unpaired) electrons. The van der Waals surface area contributed by atoms with Crippen molar-refractivity contribution in [2.24, 2.45) is 5.41 Å². The molecule has 0 aromatic heterocycles. The highest BCUT2D eigenvalue weighted by molar-refractivity contribution is 7.99. The Morgan fingerprint density at radius 1 is 1.67 bits per heavy atom. The lowest BCUT2D eigenvalue weighted by molar-refractivity contribution is -0.123. The van der Waals surface area contributed by atoms with E-state index < -0.39 is 5.41 Å². The molecule has 0 amide bonds. The minimum atomic E-state index is -0.762. The average molecular weight is 185 g/mol. The molecule has 3 heteroatoms. The summed E-state index contributed by atoms with van der Waals surface area (Å²) in [4.78, 5) is 11.1. The van der Waals surface area contributed by atoms with Crippen LogP contribution in [0.2, 0.25) is 0 Å². The molecule has 0 aliphatic heterocycles. The zero-order valence-corrected chi connectivity index (χ0v) is 8.70. The van der Waals surface area contributed by atoms with Gasteiger partial charge in [0.25, 0.3) is 0 Å². The topological polar surface area (TPSA) is 40.9 Å². The van der Waals surface area contributed by atoms with Gasteiger partial charge < -0.3 is 0 Å². The van der Waals surface area contributed by atoms with Crippen LogP contribution in [0.1, 0.15) is 27.2 Å². The van der Waals surface area contributed by atoms with Gasteiger partial charge in [-0.2, -0.15) is 17.0 Å². The van der Waals surface area contributed by atoms with Gasteiger partial charge in [0.15, 0.2) is 0 Å². The standard InChI is InChI=1S/C9H15NOS/c1-4-12-6-5-9(3,7-10)8(2)11/h4-6H2,1-3H3. The van der Waals surface area contributed by atoms with E-state index in [4.69, 9.17) is 5.26 Å². The fourth-order valence-electron chi connectivity index (χ4n) is 0.731. The van der Waals surface area contributed by atoms with Crippen LogP contribution >= 0.6 is 11.8 Å². The molecule has 1 atom stereocenters. The summed E-state index contributed by atoms with van der Waals surface area (Å²) in [7, 11) is 0. The minimum absolute atomic E-state index is 0.0262. The average Bonchev–Trinajstić information content (AvgIpc) is 2.04. The number of thioether (sulfide) groups is 1. The minimum Gasteiger partial charge on any atom is -0.298 e. The molecule has 2 nitrogen and oxygen atoms in total. The van der Waals surface area contributed by atoms with Crippen LogP contribution in [0.3, 0.4) is 0 Å². The number of nitriles is 1. The van der Waals surface area contributed by atoms with Crippen molar-refractivity contribution < 1.29 is 4.79 Å². The number of carbonyl (C=O) groups excluding carboxylic acids is 1. The second kappa shape index (κ2) is 5.21. The van der Waals surface area contributed by atoms with Crippen molar-refractivity contribution in [3.63, 3.8) is 0 Å². The van der Waals surface area contributed by atoms with Gasteiger partial charge in [-0.05, 0) is 31.8 Å². The maximum atomic E-state index is 11.1. The summed E-state index contributed by atoms with van der Waals surface area (Å²) in [6.07, 6.45) is 0.664. The first-order valence-corrected chi connectivity index (χ1v) is 5.22. The highest BCUT2D eigenvalue weighted by atomic mass is 32.2. The Bertz CT molecular complexity index is 197. The van der Waals surface area contributed by atoms with Crippen LogP contribution in [0.5, 0.6) is 0 Å². The summed E-state index contributed by atoms with van der Waals surface area (Å²) in [6, 6.07) is 2.07. The molecule has 0 aromatic carbocycles. The Balaban J connectivity index is 4.00. The Labute approximate surface area is 78.3 Å². The van der Waals surface area contributed by atoms with Crippen LogP contribution in [-0.4, -0.2) is 17.3 Å². The third kappa shape index (κ3) is 3.27. The third-order valence-corrected chi connectivity index (χ3v) is 2.88. The highest BCUT2D eigenvalue weighted by Gasteiger charge is 2.28. The predicted octanol–water partition coefficient (Wildman–Crippen LogP) is 2.25. The summed E-state index contributed by atoms with van der Waals surface area (Å²) in [5, 5.41) is 8.77. The van der Waals surface area contributed by atoms with Crippen molar-refractivity contribution in [1.82, 2.24) is 0 Å². The lowest BCUT2D eigenvalue weighted by Crippen LogP contribution is -2.24. The first-order valence-electron chi connectivity index (χ1n) is 4.07. The van der Waals surface area contributed by atoms with Gasteiger partial charge in [0.2, 0.25) is 0 Å². The molecule has 0 N–H and O–H groups in total. The molecule has 0 spiro atoms. The van der Waals surface area contributed by atoms with Crippen molar-refractivity contribution in [3.05, 3.63) is 0 Å². The molecule has 0 aromatic rings. The molecule has 12 heavy (non-hydrogen) atoms. The van der Waals surface area contributed by atoms with Gasteiger partial charge >= 0.3 is 0 Å². The molecule has 68 valence electrons. The van der Waals surface area contributed by atoms with Gasteiger partial charge in [-0.1, -0.05) is 6.92 Å². The molecule has 0 saturated carbocycles. The van der Waals surface area contributed by atoms with E-state index in [0.29, 0.717) is 6.42 Å². The molecular weight excluding hydrogens is 170 g/mol. The van der Waals surface area contributed by atoms with Crippen molar-refractivity contribution in [2.75, 3.05) is 11.5 Å². The van der Waals surface area contributed by atoms with E-state index >= 15 is 0 Å². The Morgan fingerprint density at radius 2 is 2.25 bits per heavy atom. The van der Waals surface area contributed by atoms with E-state index in [0.717, 1.165) is 11.5 Å². The zero-order chi connectivity index (χ0) is 9.61. The van der Waals surface area contributed by atoms with Gasteiger partial charge in [-0.15, -0.1) is 0 Å². The van der Waals surface area contributed by atoms with Crippen LogP contribution in [0.15, 0.2) is 0 Å². The molecule has 0 bridgehead atoms. The summed E-state index contributed by atoms with van der Waals surface area (Å²) >= 11 is 1.76. The summed E-state index contributed by atoms with van der Waals surface area (Å²) in [6.45, 7) is 5.27. The number of ketones is 1. The number of hydrogen-bond acceptors (Lipinski definition) is 3. The number of Topliss-reactive ketones (excluding diaryl/α,β-unsaturated/α-hetero) is 1. The largest absolute Gasteiger partial charge is 0.298 e. The second-order valence-corrected chi connectivity index (χ2v) is 4.34. The van der Waals surface area contributed by atoms with Crippen LogP contribution in [0, 0.1) is 16.7 Å². The maximum Gasteiger partial charge on any atom is 0.149 e. The summed E-state index contributed by atoms with van der Waals surface area (Å²) in [5.41, 5.74) is -0.762. The molecule has 0 heterocycles. The van der Waals surface area contributed by atoms with E-state index in [1.165, 1.54) is 6.92 Å². The van der Waals surface area contributed by atoms with Crippen molar-refractivity contribution >= 4 is 17.5 Å². The van der Waals surface area contributed by atoms with Gasteiger partial charge in [0, 0.05) is 0 Å². The third-order valence-electron chi connectivity index (χ3n) is 1.97. The van der Waals surface area contributed by atoms with Crippen LogP contribution in [-0.2, 0) is 4.79 Å². The molecular formula is C9H15NOS. The van der Waals surface area contributed by atoms with E-state index in [-0.39, 0.29) is 5.78 Å².